The first-order chi connectivity index (χ1) is 13.8. The van der Waals surface area contributed by atoms with Gasteiger partial charge in [0.05, 0.1) is 0 Å². The number of nitrogens with one attached hydrogen (secondary N) is 3. The molecule has 4 amide bonds. The number of likely N-dealkylation sites (N-methyl/N-ethyl adjacent to an activating group) is 1. The Morgan fingerprint density at radius 1 is 1.21 bits per heavy atom. The minimum atomic E-state index is -0.803. The molecule has 0 saturated carbocycles. The minimum Gasteiger partial charge on any atom is -0.340 e. The van der Waals surface area contributed by atoms with Gasteiger partial charge in [0.15, 0.2) is 6.19 Å². The number of anilines is 2. The highest BCUT2D eigenvalue weighted by Crippen LogP contribution is 2.13. The van der Waals surface area contributed by atoms with E-state index in [0.717, 1.165) is 4.90 Å². The molecule has 1 atom stereocenters. The Balaban J connectivity index is 2.00. The van der Waals surface area contributed by atoms with E-state index in [1.165, 1.54) is 36.0 Å². The van der Waals surface area contributed by atoms with E-state index in [4.69, 9.17) is 5.26 Å². The normalized spacial score (nSPS) is 11.3. The number of hydrogen-bond acceptors (Lipinski definition) is 7. The molecule has 1 heterocycles. The Morgan fingerprint density at radius 3 is 2.45 bits per heavy atom. The highest BCUT2D eigenvalue weighted by molar-refractivity contribution is 7.13. The third-order valence-corrected chi connectivity index (χ3v) is 4.38. The number of carbonyl (C=O) groups is 3. The summed E-state index contributed by atoms with van der Waals surface area (Å²) in [5.41, 5.74) is 2.29. The van der Waals surface area contributed by atoms with Crippen molar-refractivity contribution in [3.8, 4) is 6.19 Å². The van der Waals surface area contributed by atoms with Crippen LogP contribution in [0.5, 0.6) is 0 Å². The molecule has 2 rings (SSSR count). The Kier molecular flexibility index (Phi) is 7.62. The van der Waals surface area contributed by atoms with Crippen LogP contribution in [0.15, 0.2) is 29.8 Å². The summed E-state index contributed by atoms with van der Waals surface area (Å²) in [7, 11) is 1.36. The molecule has 10 nitrogen and oxygen atoms in total. The largest absolute Gasteiger partial charge is 0.340 e. The van der Waals surface area contributed by atoms with Crippen molar-refractivity contribution in [2.45, 2.75) is 26.3 Å². The average Bonchev–Trinajstić information content (AvgIpc) is 3.19. The van der Waals surface area contributed by atoms with Crippen LogP contribution in [0.3, 0.4) is 0 Å². The summed E-state index contributed by atoms with van der Waals surface area (Å²) in [4.78, 5) is 37.6. The topological polar surface area (TPSA) is 140 Å². The smallest absolute Gasteiger partial charge is 0.325 e. The fraction of sp³-hybridized carbons (Fsp3) is 0.333. The van der Waals surface area contributed by atoms with E-state index in [-0.39, 0.29) is 5.92 Å². The van der Waals surface area contributed by atoms with Crippen LogP contribution in [0.4, 0.5) is 15.6 Å². The van der Waals surface area contributed by atoms with E-state index in [9.17, 15) is 14.4 Å². The third-order valence-electron chi connectivity index (χ3n) is 3.78. The van der Waals surface area contributed by atoms with Gasteiger partial charge in [-0.3, -0.25) is 19.8 Å². The molecule has 0 bridgehead atoms. The molecule has 0 spiro atoms. The summed E-state index contributed by atoms with van der Waals surface area (Å²) in [5, 5.41) is 24.4. The van der Waals surface area contributed by atoms with Gasteiger partial charge in [-0.25, -0.2) is 4.79 Å². The minimum absolute atomic E-state index is 0.148. The second-order valence-corrected chi connectivity index (χ2v) is 7.39. The first kappa shape index (κ1) is 21.8. The summed E-state index contributed by atoms with van der Waals surface area (Å²) in [6, 6.07) is 4.90. The number of benzene rings is 1. The quantitative estimate of drug-likeness (QED) is 0.468. The van der Waals surface area contributed by atoms with Crippen LogP contribution in [0.2, 0.25) is 0 Å². The number of nitriles is 1. The molecule has 0 aliphatic carbocycles. The molecule has 0 aliphatic rings. The maximum absolute atomic E-state index is 12.5. The molecule has 29 heavy (non-hydrogen) atoms. The molecule has 152 valence electrons. The van der Waals surface area contributed by atoms with E-state index >= 15 is 0 Å². The maximum Gasteiger partial charge on any atom is 0.325 e. The molecule has 2 aromatic rings. The predicted octanol–water partition coefficient (Wildman–Crippen LogP) is 2.27. The van der Waals surface area contributed by atoms with Gasteiger partial charge in [0.1, 0.15) is 11.6 Å². The number of amides is 4. The van der Waals surface area contributed by atoms with E-state index in [0.29, 0.717) is 22.8 Å². The van der Waals surface area contributed by atoms with Crippen molar-refractivity contribution in [2.75, 3.05) is 17.7 Å². The first-order valence-corrected chi connectivity index (χ1v) is 9.60. The lowest BCUT2D eigenvalue weighted by Crippen LogP contribution is -2.46. The van der Waals surface area contributed by atoms with Gasteiger partial charge in [-0.15, -0.1) is 10.2 Å². The van der Waals surface area contributed by atoms with Crippen LogP contribution in [-0.2, 0) is 4.79 Å². The highest BCUT2D eigenvalue weighted by atomic mass is 32.1. The van der Waals surface area contributed by atoms with Gasteiger partial charge < -0.3 is 10.6 Å². The number of carbonyl (C=O) groups excluding carboxylic acids is 3. The van der Waals surface area contributed by atoms with Crippen LogP contribution in [0.25, 0.3) is 0 Å². The number of rotatable bonds is 7. The van der Waals surface area contributed by atoms with Gasteiger partial charge in [0.25, 0.3) is 11.8 Å². The van der Waals surface area contributed by atoms with Gasteiger partial charge in [0.2, 0.25) is 5.13 Å². The van der Waals surface area contributed by atoms with Crippen LogP contribution >= 0.6 is 11.3 Å². The van der Waals surface area contributed by atoms with Crippen molar-refractivity contribution in [3.63, 3.8) is 0 Å². The van der Waals surface area contributed by atoms with E-state index in [1.807, 2.05) is 13.8 Å². The molecular formula is C18H21N7O3S. The summed E-state index contributed by atoms with van der Waals surface area (Å²) in [6.45, 7) is 3.85. The van der Waals surface area contributed by atoms with Gasteiger partial charge in [-0.1, -0.05) is 25.2 Å². The molecule has 1 aromatic heterocycles. The highest BCUT2D eigenvalue weighted by Gasteiger charge is 2.25. The van der Waals surface area contributed by atoms with Gasteiger partial charge in [0, 0.05) is 18.3 Å². The standard InChI is InChI=1S/C18H21N7O3S/c1-11(2)8-14(16(27)25(3)9-19)22-15(26)12-4-6-13(7-5-12)21-17(28)23-18-24-20-10-29-18/h4-7,10-11,14H,8H2,1-3H3,(H,22,26)(H2,21,23,24,28). The number of aromatic nitrogens is 2. The van der Waals surface area contributed by atoms with Crippen LogP contribution in [-0.4, -0.2) is 46.0 Å². The van der Waals surface area contributed by atoms with Crippen molar-refractivity contribution < 1.29 is 14.4 Å². The van der Waals surface area contributed by atoms with E-state index in [2.05, 4.69) is 26.1 Å². The number of nitrogens with zero attached hydrogens (tertiary/aromatic N) is 4. The predicted molar refractivity (Wildman–Crippen MR) is 108 cm³/mol. The van der Waals surface area contributed by atoms with Crippen molar-refractivity contribution >= 4 is 40.0 Å². The van der Waals surface area contributed by atoms with Crippen molar-refractivity contribution in [3.05, 3.63) is 35.3 Å². The summed E-state index contributed by atoms with van der Waals surface area (Å²) in [6.07, 6.45) is 2.16. The molecule has 0 aliphatic heterocycles. The van der Waals surface area contributed by atoms with Crippen molar-refractivity contribution in [1.82, 2.24) is 20.4 Å². The molecule has 0 radical (unpaired) electrons. The SMILES string of the molecule is CC(C)CC(NC(=O)c1ccc(NC(=O)Nc2nncs2)cc1)C(=O)N(C)C#N. The Bertz CT molecular complexity index is 891. The lowest BCUT2D eigenvalue weighted by molar-refractivity contribution is -0.129. The number of urea groups is 1. The number of hydrogen-bond donors (Lipinski definition) is 3. The zero-order chi connectivity index (χ0) is 21.4. The van der Waals surface area contributed by atoms with Gasteiger partial charge in [-0.2, -0.15) is 5.26 Å². The molecule has 3 N–H and O–H groups in total. The zero-order valence-corrected chi connectivity index (χ0v) is 17.0. The maximum atomic E-state index is 12.5. The summed E-state index contributed by atoms with van der Waals surface area (Å²) < 4.78 is 0. The second-order valence-electron chi connectivity index (χ2n) is 6.55. The fourth-order valence-electron chi connectivity index (χ4n) is 2.41. The van der Waals surface area contributed by atoms with E-state index in [1.54, 1.807) is 18.3 Å². The van der Waals surface area contributed by atoms with E-state index < -0.39 is 23.9 Å². The van der Waals surface area contributed by atoms with Crippen molar-refractivity contribution in [1.29, 1.82) is 5.26 Å². The Morgan fingerprint density at radius 2 is 1.90 bits per heavy atom. The van der Waals surface area contributed by atoms with Crippen LogP contribution < -0.4 is 16.0 Å². The molecular weight excluding hydrogens is 394 g/mol. The zero-order valence-electron chi connectivity index (χ0n) is 16.2. The lowest BCUT2D eigenvalue weighted by atomic mass is 10.0. The second kappa shape index (κ2) is 10.1. The molecule has 0 saturated heterocycles. The fourth-order valence-corrected chi connectivity index (χ4v) is 2.85. The van der Waals surface area contributed by atoms with Crippen LogP contribution in [0.1, 0.15) is 30.6 Å². The summed E-state index contributed by atoms with van der Waals surface area (Å²) in [5.74, 6) is -0.768. The molecule has 1 unspecified atom stereocenters. The van der Waals surface area contributed by atoms with Crippen molar-refractivity contribution in [2.24, 2.45) is 5.92 Å². The molecule has 0 fully saturated rings. The molecule has 1 aromatic carbocycles. The summed E-state index contributed by atoms with van der Waals surface area (Å²) >= 11 is 1.19. The van der Waals surface area contributed by atoms with Crippen LogP contribution in [0, 0.1) is 17.4 Å². The van der Waals surface area contributed by atoms with Gasteiger partial charge in [-0.05, 0) is 36.6 Å². The lowest BCUT2D eigenvalue weighted by Gasteiger charge is -2.21. The average molecular weight is 415 g/mol. The van der Waals surface area contributed by atoms with Gasteiger partial charge >= 0.3 is 6.03 Å². The Labute approximate surface area is 171 Å². The third kappa shape index (κ3) is 6.54. The first-order valence-electron chi connectivity index (χ1n) is 8.72. The molecule has 11 heteroatoms. The monoisotopic (exact) mass is 415 g/mol. The Hall–Kier alpha value is -3.52.